The zero-order valence-electron chi connectivity index (χ0n) is 33.2. The number of benzene rings is 3. The Morgan fingerprint density at radius 1 is 0.583 bits per heavy atom. The summed E-state index contributed by atoms with van der Waals surface area (Å²) in [6.45, 7) is 1.08. The van der Waals surface area contributed by atoms with Crippen LogP contribution in [-0.4, -0.2) is 86.0 Å². The number of hydrogen-bond acceptors (Lipinski definition) is 9. The van der Waals surface area contributed by atoms with E-state index in [-0.39, 0.29) is 23.9 Å². The smallest absolute Gasteiger partial charge is 0.407 e. The van der Waals surface area contributed by atoms with Crippen molar-refractivity contribution in [3.63, 3.8) is 0 Å². The third kappa shape index (κ3) is 8.32. The van der Waals surface area contributed by atoms with Crippen molar-refractivity contribution < 1.29 is 28.7 Å². The van der Waals surface area contributed by atoms with Crippen LogP contribution in [-0.2, 0) is 19.1 Å². The molecule has 0 spiro atoms. The Hall–Kier alpha value is -7.29. The zero-order chi connectivity index (χ0) is 41.6. The van der Waals surface area contributed by atoms with E-state index in [1.165, 1.54) is 14.2 Å². The SMILES string of the molecule is COC(=O)N[C@@H](C(=O)N1CCCC1c1ncc(-c2ccc(-c3ccc(-c4cnc([C@@H]5CCCN5C(=O)[C@H](NC(=O)OC)c5ccccc5)[nH]4)cn3)cc2)[nH]1)c1ccccc1. The van der Waals surface area contributed by atoms with E-state index in [1.54, 1.807) is 28.4 Å². The summed E-state index contributed by atoms with van der Waals surface area (Å²) in [4.78, 5) is 76.7. The first-order chi connectivity index (χ1) is 29.3. The highest BCUT2D eigenvalue weighted by Gasteiger charge is 2.38. The van der Waals surface area contributed by atoms with Crippen LogP contribution in [0.5, 0.6) is 0 Å². The minimum Gasteiger partial charge on any atom is -0.453 e. The van der Waals surface area contributed by atoms with E-state index in [0.717, 1.165) is 59.5 Å². The van der Waals surface area contributed by atoms with Crippen LogP contribution in [0.2, 0.25) is 0 Å². The van der Waals surface area contributed by atoms with E-state index >= 15 is 0 Å². The molecule has 3 aromatic carbocycles. The van der Waals surface area contributed by atoms with E-state index in [9.17, 15) is 19.2 Å². The fourth-order valence-electron chi connectivity index (χ4n) is 8.03. The summed E-state index contributed by atoms with van der Waals surface area (Å²) in [5.74, 6) is 0.900. The van der Waals surface area contributed by atoms with Gasteiger partial charge in [0.15, 0.2) is 0 Å². The topological polar surface area (TPSA) is 188 Å². The number of alkyl carbamates (subject to hydrolysis) is 2. The Morgan fingerprint density at radius 2 is 1.03 bits per heavy atom. The van der Waals surface area contributed by atoms with Gasteiger partial charge in [0.05, 0.1) is 55.8 Å². The van der Waals surface area contributed by atoms with Crippen LogP contribution in [0.25, 0.3) is 33.8 Å². The molecule has 2 fully saturated rings. The number of amides is 4. The van der Waals surface area contributed by atoms with Crippen molar-refractivity contribution in [2.75, 3.05) is 27.3 Å². The highest BCUT2D eigenvalue weighted by Crippen LogP contribution is 2.36. The summed E-state index contributed by atoms with van der Waals surface area (Å²) in [6, 6.07) is 27.9. The Kier molecular flexibility index (Phi) is 11.7. The molecule has 8 rings (SSSR count). The monoisotopic (exact) mass is 807 g/mol. The van der Waals surface area contributed by atoms with Crippen LogP contribution in [0.3, 0.4) is 0 Å². The quantitative estimate of drug-likeness (QED) is 0.106. The number of ether oxygens (including phenoxy) is 2. The number of carbonyl (C=O) groups is 4. The van der Waals surface area contributed by atoms with Gasteiger partial charge in [-0.2, -0.15) is 0 Å². The summed E-state index contributed by atoms with van der Waals surface area (Å²) in [6.07, 6.45) is 7.05. The predicted octanol–water partition coefficient (Wildman–Crippen LogP) is 7.05. The second-order valence-electron chi connectivity index (χ2n) is 14.7. The first-order valence-electron chi connectivity index (χ1n) is 19.9. The molecular formula is C45H45N9O6. The highest BCUT2D eigenvalue weighted by molar-refractivity contribution is 5.88. The Morgan fingerprint density at radius 3 is 1.48 bits per heavy atom. The lowest BCUT2D eigenvalue weighted by Gasteiger charge is -2.28. The van der Waals surface area contributed by atoms with Crippen LogP contribution in [0.15, 0.2) is 116 Å². The average Bonchev–Trinajstić information content (AvgIpc) is 4.15. The molecule has 2 saturated heterocycles. The molecule has 15 nitrogen and oxygen atoms in total. The van der Waals surface area contributed by atoms with Crippen LogP contribution < -0.4 is 10.6 Å². The van der Waals surface area contributed by atoms with Gasteiger partial charge in [0.1, 0.15) is 23.7 Å². The average molecular weight is 808 g/mol. The lowest BCUT2D eigenvalue weighted by Crippen LogP contribution is -2.42. The van der Waals surface area contributed by atoms with Crippen LogP contribution >= 0.6 is 0 Å². The molecular weight excluding hydrogens is 763 g/mol. The summed E-state index contributed by atoms with van der Waals surface area (Å²) in [7, 11) is 2.55. The van der Waals surface area contributed by atoms with Gasteiger partial charge in [-0.25, -0.2) is 19.6 Å². The third-order valence-corrected chi connectivity index (χ3v) is 11.1. The van der Waals surface area contributed by atoms with Crippen molar-refractivity contribution >= 4 is 24.0 Å². The molecule has 4 N–H and O–H groups in total. The van der Waals surface area contributed by atoms with Gasteiger partial charge in [0.25, 0.3) is 11.8 Å². The number of aromatic nitrogens is 5. The Balaban J connectivity index is 0.928. The number of H-pyrrole nitrogens is 2. The first-order valence-corrected chi connectivity index (χ1v) is 19.9. The van der Waals surface area contributed by atoms with Crippen molar-refractivity contribution in [3.05, 3.63) is 138 Å². The fourth-order valence-corrected chi connectivity index (χ4v) is 8.03. The lowest BCUT2D eigenvalue weighted by molar-refractivity contribution is -0.135. The molecule has 0 radical (unpaired) electrons. The Bertz CT molecular complexity index is 2270. The molecule has 4 amide bonds. The van der Waals surface area contributed by atoms with E-state index < -0.39 is 24.3 Å². The van der Waals surface area contributed by atoms with Crippen LogP contribution in [0, 0.1) is 0 Å². The maximum Gasteiger partial charge on any atom is 0.407 e. The van der Waals surface area contributed by atoms with Crippen molar-refractivity contribution in [1.29, 1.82) is 0 Å². The molecule has 2 aliphatic rings. The second kappa shape index (κ2) is 17.7. The third-order valence-electron chi connectivity index (χ3n) is 11.1. The van der Waals surface area contributed by atoms with E-state index in [4.69, 9.17) is 14.5 Å². The molecule has 5 heterocycles. The predicted molar refractivity (Wildman–Crippen MR) is 222 cm³/mol. The van der Waals surface area contributed by atoms with Gasteiger partial charge in [-0.3, -0.25) is 14.6 Å². The summed E-state index contributed by atoms with van der Waals surface area (Å²) >= 11 is 0. The minimum absolute atomic E-state index is 0.223. The fraction of sp³-hybridized carbons (Fsp3) is 0.267. The number of aromatic amines is 2. The van der Waals surface area contributed by atoms with E-state index in [1.807, 2.05) is 97.1 Å². The van der Waals surface area contributed by atoms with Crippen molar-refractivity contribution in [1.82, 2.24) is 45.4 Å². The molecule has 4 atom stereocenters. The molecule has 0 aliphatic carbocycles. The molecule has 60 heavy (non-hydrogen) atoms. The number of hydrogen-bond donors (Lipinski definition) is 4. The standard InChI is InChI=1S/C45H45N9O6/c1-59-44(57)51-38(30-11-5-3-6-12-30)42(55)53-23-9-15-36(53)40-47-26-34(49-40)29-19-17-28(18-20-29)33-22-21-32(25-46-33)35-27-48-41(50-35)37-16-10-24-54(37)43(56)39(52-45(58)60-2)31-13-7-4-8-14-31/h3-8,11-14,17-22,25-27,36-39H,9-10,15-16,23-24H2,1-2H3,(H,47,49)(H,48,50)(H,51,57)(H,52,58)/t36?,37-,38+,39+/m0/s1. The van der Waals surface area contributed by atoms with Crippen molar-refractivity contribution in [3.8, 4) is 33.8 Å². The molecule has 2 aliphatic heterocycles. The second-order valence-corrected chi connectivity index (χ2v) is 14.7. The molecule has 3 aromatic heterocycles. The first kappa shape index (κ1) is 39.5. The summed E-state index contributed by atoms with van der Waals surface area (Å²) in [5, 5.41) is 5.41. The summed E-state index contributed by atoms with van der Waals surface area (Å²) < 4.78 is 9.64. The van der Waals surface area contributed by atoms with Gasteiger partial charge in [-0.15, -0.1) is 0 Å². The summed E-state index contributed by atoms with van der Waals surface area (Å²) in [5.41, 5.74) is 6.44. The van der Waals surface area contributed by atoms with Crippen LogP contribution in [0.4, 0.5) is 9.59 Å². The number of methoxy groups -OCH3 is 2. The number of rotatable bonds is 11. The van der Waals surface area contributed by atoms with Crippen LogP contribution in [0.1, 0.15) is 72.6 Å². The van der Waals surface area contributed by atoms with Crippen molar-refractivity contribution in [2.24, 2.45) is 0 Å². The molecule has 6 aromatic rings. The normalized spacial score (nSPS) is 17.2. The largest absolute Gasteiger partial charge is 0.453 e. The molecule has 0 saturated carbocycles. The molecule has 306 valence electrons. The van der Waals surface area contributed by atoms with Gasteiger partial charge >= 0.3 is 12.2 Å². The number of nitrogens with one attached hydrogen (secondary N) is 4. The van der Waals surface area contributed by atoms with Gasteiger partial charge in [-0.05, 0) is 54.5 Å². The number of carbonyl (C=O) groups excluding carboxylic acids is 4. The molecule has 15 heteroatoms. The van der Waals surface area contributed by atoms with E-state index in [0.29, 0.717) is 35.9 Å². The van der Waals surface area contributed by atoms with Gasteiger partial charge in [-0.1, -0.05) is 84.9 Å². The molecule has 1 unspecified atom stereocenters. The number of nitrogens with zero attached hydrogens (tertiary/aromatic N) is 5. The zero-order valence-corrected chi connectivity index (χ0v) is 33.2. The maximum atomic E-state index is 13.9. The highest BCUT2D eigenvalue weighted by atomic mass is 16.5. The minimum atomic E-state index is -0.894. The lowest BCUT2D eigenvalue weighted by atomic mass is 10.0. The number of likely N-dealkylation sites (tertiary alicyclic amines) is 2. The van der Waals surface area contributed by atoms with Gasteiger partial charge in [0, 0.05) is 30.4 Å². The van der Waals surface area contributed by atoms with Gasteiger partial charge in [0.2, 0.25) is 0 Å². The number of imidazole rings is 2. The Labute approximate surface area is 346 Å². The maximum absolute atomic E-state index is 13.9. The molecule has 0 bridgehead atoms. The number of pyridine rings is 1. The van der Waals surface area contributed by atoms with Crippen molar-refractivity contribution in [2.45, 2.75) is 49.9 Å². The van der Waals surface area contributed by atoms with E-state index in [2.05, 4.69) is 30.6 Å². The van der Waals surface area contributed by atoms with Gasteiger partial charge < -0.3 is 39.9 Å².